The van der Waals surface area contributed by atoms with Gasteiger partial charge in [0.1, 0.15) is 5.82 Å². The molecule has 1 atom stereocenters. The zero-order valence-electron chi connectivity index (χ0n) is 16.4. The zero-order valence-corrected chi connectivity index (χ0v) is 16.4. The van der Waals surface area contributed by atoms with Crippen molar-refractivity contribution in [3.63, 3.8) is 0 Å². The van der Waals surface area contributed by atoms with Crippen LogP contribution in [-0.4, -0.2) is 61.2 Å². The summed E-state index contributed by atoms with van der Waals surface area (Å²) < 4.78 is 30.1. The first-order valence-corrected chi connectivity index (χ1v) is 10.0. The minimum Gasteiger partial charge on any atom is -0.454 e. The monoisotopic (exact) mass is 411 g/mol. The summed E-state index contributed by atoms with van der Waals surface area (Å²) in [4.78, 5) is 15.2. The van der Waals surface area contributed by atoms with Crippen LogP contribution in [0.15, 0.2) is 47.6 Å². The molecular formula is C22H22FN3O4. The number of carbonyl (C=O) groups is 1. The molecule has 0 bridgehead atoms. The number of benzene rings is 2. The summed E-state index contributed by atoms with van der Waals surface area (Å²) in [6.07, 6.45) is 0.498. The Kier molecular flexibility index (Phi) is 5.10. The maximum atomic E-state index is 13.8. The second kappa shape index (κ2) is 8.04. The number of carbonyl (C=O) groups excluding carboxylic acids is 1. The van der Waals surface area contributed by atoms with Gasteiger partial charge >= 0.3 is 0 Å². The second-order valence-corrected chi connectivity index (χ2v) is 7.52. The molecule has 1 saturated heterocycles. The molecular weight excluding hydrogens is 389 g/mol. The summed E-state index contributed by atoms with van der Waals surface area (Å²) in [6.45, 7) is 3.13. The van der Waals surface area contributed by atoms with E-state index in [9.17, 15) is 9.18 Å². The van der Waals surface area contributed by atoms with Crippen molar-refractivity contribution in [3.05, 3.63) is 59.4 Å². The van der Waals surface area contributed by atoms with Crippen LogP contribution in [0.1, 0.15) is 23.6 Å². The maximum absolute atomic E-state index is 13.8. The Balaban J connectivity index is 1.44. The quantitative estimate of drug-likeness (QED) is 0.774. The van der Waals surface area contributed by atoms with Crippen LogP contribution in [-0.2, 0) is 9.53 Å². The van der Waals surface area contributed by atoms with Gasteiger partial charge in [-0.1, -0.05) is 18.2 Å². The first kappa shape index (κ1) is 19.0. The molecule has 1 fully saturated rings. The lowest BCUT2D eigenvalue weighted by atomic mass is 9.98. The van der Waals surface area contributed by atoms with Gasteiger partial charge in [0.15, 0.2) is 11.5 Å². The highest BCUT2D eigenvalue weighted by atomic mass is 19.1. The average Bonchev–Trinajstić information content (AvgIpc) is 3.41. The van der Waals surface area contributed by atoms with E-state index >= 15 is 0 Å². The highest BCUT2D eigenvalue weighted by Gasteiger charge is 2.34. The van der Waals surface area contributed by atoms with Gasteiger partial charge in [0.2, 0.25) is 6.79 Å². The number of halogens is 1. The lowest BCUT2D eigenvalue weighted by molar-refractivity contribution is -0.135. The Morgan fingerprint density at radius 1 is 1.10 bits per heavy atom. The number of ether oxygens (including phenoxy) is 3. The number of morpholine rings is 1. The van der Waals surface area contributed by atoms with Gasteiger partial charge in [-0.2, -0.15) is 5.10 Å². The lowest BCUT2D eigenvalue weighted by Gasteiger charge is -2.29. The zero-order chi connectivity index (χ0) is 20.5. The molecule has 0 saturated carbocycles. The highest BCUT2D eigenvalue weighted by Crippen LogP contribution is 2.39. The molecule has 1 unspecified atom stereocenters. The van der Waals surface area contributed by atoms with E-state index in [0.29, 0.717) is 42.4 Å². The number of hydrogen-bond acceptors (Lipinski definition) is 6. The maximum Gasteiger partial charge on any atom is 0.257 e. The van der Waals surface area contributed by atoms with Crippen LogP contribution in [0.2, 0.25) is 0 Å². The van der Waals surface area contributed by atoms with Crippen LogP contribution in [0, 0.1) is 5.82 Å². The molecule has 30 heavy (non-hydrogen) atoms. The molecule has 3 aliphatic heterocycles. The standard InChI is InChI=1S/C22H22FN3O4/c23-17-3-1-2-15(10-17)18-12-19(16-4-5-20-21(11-16)30-14-29-20)26(24-18)22(27)13-25-6-8-28-9-7-25/h1-5,10-11,19H,6-9,12-14H2. The molecule has 5 rings (SSSR count). The molecule has 0 radical (unpaired) electrons. The molecule has 3 aliphatic rings. The van der Waals surface area contributed by atoms with Gasteiger partial charge in [-0.05, 0) is 29.8 Å². The summed E-state index contributed by atoms with van der Waals surface area (Å²) in [5, 5.41) is 6.15. The Morgan fingerprint density at radius 3 is 2.77 bits per heavy atom. The van der Waals surface area contributed by atoms with Crippen LogP contribution in [0.5, 0.6) is 11.5 Å². The Labute approximate surface area is 173 Å². The SMILES string of the molecule is O=C(CN1CCOCC1)N1N=C(c2cccc(F)c2)CC1c1ccc2c(c1)OCO2. The molecule has 8 heteroatoms. The molecule has 3 heterocycles. The fourth-order valence-electron chi connectivity index (χ4n) is 3.99. The fourth-order valence-corrected chi connectivity index (χ4v) is 3.99. The molecule has 2 aromatic rings. The van der Waals surface area contributed by atoms with Crippen LogP contribution in [0.25, 0.3) is 0 Å². The molecule has 0 aliphatic carbocycles. The van der Waals surface area contributed by atoms with E-state index in [1.54, 1.807) is 6.07 Å². The van der Waals surface area contributed by atoms with Crippen molar-refractivity contribution < 1.29 is 23.4 Å². The van der Waals surface area contributed by atoms with Crippen LogP contribution in [0.3, 0.4) is 0 Å². The highest BCUT2D eigenvalue weighted by molar-refractivity contribution is 6.03. The van der Waals surface area contributed by atoms with E-state index in [-0.39, 0.29) is 31.1 Å². The number of hydrazone groups is 1. The Morgan fingerprint density at radius 2 is 1.93 bits per heavy atom. The predicted molar refractivity (Wildman–Crippen MR) is 107 cm³/mol. The fraction of sp³-hybridized carbons (Fsp3) is 0.364. The van der Waals surface area contributed by atoms with E-state index in [1.807, 2.05) is 24.3 Å². The molecule has 0 aromatic heterocycles. The van der Waals surface area contributed by atoms with Crippen molar-refractivity contribution in [1.29, 1.82) is 0 Å². The second-order valence-electron chi connectivity index (χ2n) is 7.52. The number of hydrogen-bond donors (Lipinski definition) is 0. The van der Waals surface area contributed by atoms with Gasteiger partial charge in [-0.25, -0.2) is 9.40 Å². The topological polar surface area (TPSA) is 63.6 Å². The molecule has 0 N–H and O–H groups in total. The lowest BCUT2D eigenvalue weighted by Crippen LogP contribution is -2.43. The van der Waals surface area contributed by atoms with Crippen molar-refractivity contribution in [2.24, 2.45) is 5.10 Å². The van der Waals surface area contributed by atoms with E-state index in [2.05, 4.69) is 10.0 Å². The minimum atomic E-state index is -0.326. The summed E-state index contributed by atoms with van der Waals surface area (Å²) >= 11 is 0. The molecule has 7 nitrogen and oxygen atoms in total. The van der Waals surface area contributed by atoms with Gasteiger partial charge < -0.3 is 14.2 Å². The first-order chi connectivity index (χ1) is 14.7. The summed E-state index contributed by atoms with van der Waals surface area (Å²) in [6, 6.07) is 11.7. The van der Waals surface area contributed by atoms with E-state index in [1.165, 1.54) is 17.1 Å². The molecule has 2 aromatic carbocycles. The van der Waals surface area contributed by atoms with Gasteiger partial charge in [0.25, 0.3) is 5.91 Å². The van der Waals surface area contributed by atoms with E-state index in [0.717, 1.165) is 18.7 Å². The van der Waals surface area contributed by atoms with E-state index in [4.69, 9.17) is 14.2 Å². The molecule has 1 amide bonds. The van der Waals surface area contributed by atoms with E-state index < -0.39 is 0 Å². The Bertz CT molecular complexity index is 990. The van der Waals surface area contributed by atoms with Crippen molar-refractivity contribution in [1.82, 2.24) is 9.91 Å². The summed E-state index contributed by atoms with van der Waals surface area (Å²) in [7, 11) is 0. The number of fused-ring (bicyclic) bond motifs is 1. The minimum absolute atomic E-state index is 0.0917. The van der Waals surface area contributed by atoms with Gasteiger partial charge in [0, 0.05) is 25.1 Å². The van der Waals surface area contributed by atoms with Crippen molar-refractivity contribution >= 4 is 11.6 Å². The predicted octanol–water partition coefficient (Wildman–Crippen LogP) is 2.56. The van der Waals surface area contributed by atoms with Gasteiger partial charge in [0.05, 0.1) is 31.5 Å². The van der Waals surface area contributed by atoms with Crippen LogP contribution in [0.4, 0.5) is 4.39 Å². The Hall–Kier alpha value is -2.97. The largest absolute Gasteiger partial charge is 0.454 e. The van der Waals surface area contributed by atoms with Crippen LogP contribution < -0.4 is 9.47 Å². The average molecular weight is 411 g/mol. The van der Waals surface area contributed by atoms with Crippen molar-refractivity contribution in [3.8, 4) is 11.5 Å². The number of rotatable bonds is 4. The number of nitrogens with zero attached hydrogens (tertiary/aromatic N) is 3. The summed E-state index contributed by atoms with van der Waals surface area (Å²) in [5.41, 5.74) is 2.28. The third-order valence-electron chi connectivity index (χ3n) is 5.57. The van der Waals surface area contributed by atoms with Gasteiger partial charge in [-0.15, -0.1) is 0 Å². The smallest absolute Gasteiger partial charge is 0.257 e. The molecule has 0 spiro atoms. The number of amides is 1. The summed E-state index contributed by atoms with van der Waals surface area (Å²) in [5.74, 6) is 0.931. The van der Waals surface area contributed by atoms with Crippen molar-refractivity contribution in [2.75, 3.05) is 39.6 Å². The normalized spacial score (nSPS) is 21.0. The van der Waals surface area contributed by atoms with Crippen molar-refractivity contribution in [2.45, 2.75) is 12.5 Å². The van der Waals surface area contributed by atoms with Crippen LogP contribution >= 0.6 is 0 Å². The molecule has 156 valence electrons. The third-order valence-corrected chi connectivity index (χ3v) is 5.57. The van der Waals surface area contributed by atoms with Gasteiger partial charge in [-0.3, -0.25) is 9.69 Å². The first-order valence-electron chi connectivity index (χ1n) is 10.0. The third kappa shape index (κ3) is 3.76.